The molecule has 2 aromatic rings. The first-order valence-electron chi connectivity index (χ1n) is 6.11. The van der Waals surface area contributed by atoms with E-state index in [0.29, 0.717) is 11.3 Å². The van der Waals surface area contributed by atoms with Gasteiger partial charge in [0.1, 0.15) is 6.54 Å². The van der Waals surface area contributed by atoms with Crippen molar-refractivity contribution < 1.29 is 13.2 Å². The molecule has 3 rings (SSSR count). The molecule has 0 aliphatic carbocycles. The van der Waals surface area contributed by atoms with Crippen LogP contribution in [0.4, 0.5) is 5.69 Å². The smallest absolute Gasteiger partial charge is 0.265 e. The van der Waals surface area contributed by atoms with Gasteiger partial charge in [0.25, 0.3) is 10.0 Å². The number of hydrogen-bond donors (Lipinski definition) is 1. The third-order valence-corrected chi connectivity index (χ3v) is 5.58. The van der Waals surface area contributed by atoms with Crippen LogP contribution in [0.25, 0.3) is 11.1 Å². The number of nitrogens with zero attached hydrogens (tertiary/aromatic N) is 1. The third kappa shape index (κ3) is 2.22. The van der Waals surface area contributed by atoms with Crippen LogP contribution in [0.1, 0.15) is 0 Å². The molecule has 1 amide bonds. The Hall–Kier alpha value is -1.86. The average Bonchev–Trinajstić information content (AvgIpc) is 2.44. The molecule has 1 aliphatic rings. The van der Waals surface area contributed by atoms with Crippen LogP contribution in [0, 0.1) is 0 Å². The second kappa shape index (κ2) is 4.85. The number of carbonyl (C=O) groups excluding carboxylic acids is 1. The second-order valence-corrected chi connectivity index (χ2v) is 7.38. The fourth-order valence-electron chi connectivity index (χ4n) is 2.42. The summed E-state index contributed by atoms with van der Waals surface area (Å²) < 4.78 is 27.3. The van der Waals surface area contributed by atoms with E-state index in [9.17, 15) is 13.2 Å². The number of sulfonamides is 1. The van der Waals surface area contributed by atoms with Crippen molar-refractivity contribution in [1.29, 1.82) is 0 Å². The quantitative estimate of drug-likeness (QED) is 0.883. The Balaban J connectivity index is 2.35. The first-order chi connectivity index (χ1) is 9.91. The Morgan fingerprint density at radius 2 is 1.86 bits per heavy atom. The van der Waals surface area contributed by atoms with E-state index in [1.54, 1.807) is 30.3 Å². The topological polar surface area (TPSA) is 80.5 Å². The van der Waals surface area contributed by atoms with E-state index in [-0.39, 0.29) is 11.4 Å². The van der Waals surface area contributed by atoms with Crippen molar-refractivity contribution in [2.75, 3.05) is 10.8 Å². The molecule has 21 heavy (non-hydrogen) atoms. The van der Waals surface area contributed by atoms with Gasteiger partial charge in [-0.15, -0.1) is 0 Å². The number of halogens is 1. The molecule has 1 aliphatic heterocycles. The van der Waals surface area contributed by atoms with Crippen LogP contribution in [0.2, 0.25) is 0 Å². The number of amides is 1. The number of fused-ring (bicyclic) bond motifs is 3. The highest BCUT2D eigenvalue weighted by atomic mass is 79.9. The SMILES string of the molecule is NC(=O)CN1c2ccc(Br)cc2-c2ccccc2S1(=O)=O. The summed E-state index contributed by atoms with van der Waals surface area (Å²) >= 11 is 3.38. The van der Waals surface area contributed by atoms with Gasteiger partial charge in [-0.2, -0.15) is 0 Å². The maximum absolute atomic E-state index is 12.7. The van der Waals surface area contributed by atoms with Gasteiger partial charge in [0.15, 0.2) is 0 Å². The zero-order chi connectivity index (χ0) is 15.2. The second-order valence-electron chi connectivity index (χ2n) is 4.64. The molecule has 0 atom stereocenters. The third-order valence-electron chi connectivity index (χ3n) is 3.27. The Kier molecular flexibility index (Phi) is 3.26. The van der Waals surface area contributed by atoms with Crippen molar-refractivity contribution in [2.45, 2.75) is 4.90 Å². The molecule has 7 heteroatoms. The lowest BCUT2D eigenvalue weighted by molar-refractivity contribution is -0.116. The average molecular weight is 367 g/mol. The maximum atomic E-state index is 12.7. The van der Waals surface area contributed by atoms with Gasteiger partial charge in [0.2, 0.25) is 5.91 Å². The summed E-state index contributed by atoms with van der Waals surface area (Å²) in [5, 5.41) is 0. The molecule has 0 bridgehead atoms. The molecule has 0 radical (unpaired) electrons. The minimum absolute atomic E-state index is 0.178. The molecule has 0 saturated carbocycles. The number of benzene rings is 2. The standard InChI is InChI=1S/C14H11BrN2O3S/c15-9-5-6-12-11(7-9)10-3-1-2-4-13(10)21(19,20)17(12)8-14(16)18/h1-7H,8H2,(H2,16,18). The van der Waals surface area contributed by atoms with Crippen LogP contribution < -0.4 is 10.0 Å². The number of hydrogen-bond acceptors (Lipinski definition) is 3. The minimum atomic E-state index is -3.79. The van der Waals surface area contributed by atoms with Crippen LogP contribution >= 0.6 is 15.9 Å². The number of carbonyl (C=O) groups is 1. The fraction of sp³-hybridized carbons (Fsp3) is 0.0714. The lowest BCUT2D eigenvalue weighted by atomic mass is 10.0. The van der Waals surface area contributed by atoms with Gasteiger partial charge in [-0.3, -0.25) is 9.10 Å². The van der Waals surface area contributed by atoms with E-state index in [1.165, 1.54) is 6.07 Å². The van der Waals surface area contributed by atoms with Crippen LogP contribution in [0.5, 0.6) is 0 Å². The lowest BCUT2D eigenvalue weighted by Crippen LogP contribution is -2.40. The fourth-order valence-corrected chi connectivity index (χ4v) is 4.44. The molecule has 2 N–H and O–H groups in total. The molecular formula is C14H11BrN2O3S. The first-order valence-corrected chi connectivity index (χ1v) is 8.34. The Bertz CT molecular complexity index is 849. The molecule has 0 unspecified atom stereocenters. The van der Waals surface area contributed by atoms with E-state index in [4.69, 9.17) is 5.73 Å². The van der Waals surface area contributed by atoms with Gasteiger partial charge >= 0.3 is 0 Å². The highest BCUT2D eigenvalue weighted by Crippen LogP contribution is 2.43. The monoisotopic (exact) mass is 366 g/mol. The van der Waals surface area contributed by atoms with Gasteiger partial charge in [0, 0.05) is 15.6 Å². The van der Waals surface area contributed by atoms with Crippen LogP contribution in [0.3, 0.4) is 0 Å². The molecule has 0 fully saturated rings. The summed E-state index contributed by atoms with van der Waals surface area (Å²) in [6.45, 7) is -0.384. The summed E-state index contributed by atoms with van der Waals surface area (Å²) in [4.78, 5) is 11.4. The minimum Gasteiger partial charge on any atom is -0.368 e. The molecule has 1 heterocycles. The molecule has 0 spiro atoms. The van der Waals surface area contributed by atoms with Crippen molar-refractivity contribution in [3.8, 4) is 11.1 Å². The van der Waals surface area contributed by atoms with Crippen molar-refractivity contribution in [1.82, 2.24) is 0 Å². The van der Waals surface area contributed by atoms with Gasteiger partial charge in [-0.05, 0) is 24.3 Å². The number of primary amides is 1. The number of nitrogens with two attached hydrogens (primary N) is 1. The van der Waals surface area contributed by atoms with Crippen molar-refractivity contribution in [3.05, 3.63) is 46.9 Å². The number of rotatable bonds is 2. The van der Waals surface area contributed by atoms with E-state index < -0.39 is 15.9 Å². The Labute approximate surface area is 130 Å². The van der Waals surface area contributed by atoms with E-state index in [0.717, 1.165) is 14.3 Å². The lowest BCUT2D eigenvalue weighted by Gasteiger charge is -2.31. The molecule has 0 aromatic heterocycles. The van der Waals surface area contributed by atoms with Crippen molar-refractivity contribution >= 4 is 37.5 Å². The Morgan fingerprint density at radius 3 is 2.57 bits per heavy atom. The van der Waals surface area contributed by atoms with Crippen molar-refractivity contribution in [2.24, 2.45) is 5.73 Å². The largest absolute Gasteiger partial charge is 0.368 e. The molecule has 0 saturated heterocycles. The zero-order valence-corrected chi connectivity index (χ0v) is 13.2. The number of anilines is 1. The maximum Gasteiger partial charge on any atom is 0.265 e. The van der Waals surface area contributed by atoms with Crippen molar-refractivity contribution in [3.63, 3.8) is 0 Å². The van der Waals surface area contributed by atoms with E-state index in [2.05, 4.69) is 15.9 Å². The predicted molar refractivity (Wildman–Crippen MR) is 83.3 cm³/mol. The molecule has 5 nitrogen and oxygen atoms in total. The predicted octanol–water partition coefficient (Wildman–Crippen LogP) is 2.11. The van der Waals surface area contributed by atoms with Gasteiger partial charge in [-0.1, -0.05) is 34.1 Å². The normalized spacial score (nSPS) is 15.2. The highest BCUT2D eigenvalue weighted by molar-refractivity contribution is 9.10. The summed E-state index contributed by atoms with van der Waals surface area (Å²) in [7, 11) is -3.79. The Morgan fingerprint density at radius 1 is 1.14 bits per heavy atom. The van der Waals surface area contributed by atoms with Crippen LogP contribution in [-0.4, -0.2) is 20.9 Å². The van der Waals surface area contributed by atoms with E-state index >= 15 is 0 Å². The molecule has 108 valence electrons. The zero-order valence-electron chi connectivity index (χ0n) is 10.8. The summed E-state index contributed by atoms with van der Waals surface area (Å²) in [5.74, 6) is -0.702. The molecule has 2 aromatic carbocycles. The van der Waals surface area contributed by atoms with Gasteiger partial charge in [0.05, 0.1) is 10.6 Å². The van der Waals surface area contributed by atoms with Crippen LogP contribution in [-0.2, 0) is 14.8 Å². The summed E-state index contributed by atoms with van der Waals surface area (Å²) in [6, 6.07) is 11.9. The van der Waals surface area contributed by atoms with Crippen LogP contribution in [0.15, 0.2) is 51.8 Å². The summed E-state index contributed by atoms with van der Waals surface area (Å²) in [5.41, 5.74) is 7.02. The summed E-state index contributed by atoms with van der Waals surface area (Å²) in [6.07, 6.45) is 0. The molecular weight excluding hydrogens is 356 g/mol. The van der Waals surface area contributed by atoms with Gasteiger partial charge < -0.3 is 5.73 Å². The first kappa shape index (κ1) is 14.1. The highest BCUT2D eigenvalue weighted by Gasteiger charge is 2.35. The van der Waals surface area contributed by atoms with Gasteiger partial charge in [-0.25, -0.2) is 8.42 Å². The van der Waals surface area contributed by atoms with E-state index in [1.807, 2.05) is 6.07 Å².